The van der Waals surface area contributed by atoms with Gasteiger partial charge in [-0.05, 0) is 32.4 Å². The third kappa shape index (κ3) is 1.60. The first-order chi connectivity index (χ1) is 7.49. The predicted octanol–water partition coefficient (Wildman–Crippen LogP) is 2.03. The molecule has 0 spiro atoms. The summed E-state index contributed by atoms with van der Waals surface area (Å²) >= 11 is 0. The Morgan fingerprint density at radius 3 is 2.44 bits per heavy atom. The molecule has 0 aliphatic carbocycles. The number of aryl methyl sites for hydroxylation is 3. The Morgan fingerprint density at radius 2 is 2.00 bits per heavy atom. The predicted molar refractivity (Wildman–Crippen MR) is 59.5 cm³/mol. The van der Waals surface area contributed by atoms with E-state index in [0.29, 0.717) is 17.1 Å². The quantitative estimate of drug-likeness (QED) is 0.722. The van der Waals surface area contributed by atoms with E-state index in [1.165, 1.54) is 0 Å². The molecule has 3 N–H and O–H groups in total. The summed E-state index contributed by atoms with van der Waals surface area (Å²) in [6, 6.07) is 1.78. The lowest BCUT2D eigenvalue weighted by molar-refractivity contribution is 0.0690. The van der Waals surface area contributed by atoms with Crippen LogP contribution in [0.5, 0.6) is 0 Å². The van der Waals surface area contributed by atoms with E-state index in [4.69, 9.17) is 5.11 Å². The fraction of sp³-hybridized carbons (Fsp3) is 0.273. The second-order valence-corrected chi connectivity index (χ2v) is 3.84. The first kappa shape index (κ1) is 10.5. The Labute approximate surface area is 92.5 Å². The third-order valence-electron chi connectivity index (χ3n) is 2.61. The minimum absolute atomic E-state index is 0.210. The summed E-state index contributed by atoms with van der Waals surface area (Å²) in [6.07, 6.45) is 0. The second kappa shape index (κ2) is 3.52. The molecule has 5 nitrogen and oxygen atoms in total. The van der Waals surface area contributed by atoms with E-state index in [9.17, 15) is 4.79 Å². The molecule has 0 unspecified atom stereocenters. The number of aromatic amines is 2. The van der Waals surface area contributed by atoms with Gasteiger partial charge in [-0.3, -0.25) is 0 Å². The van der Waals surface area contributed by atoms with E-state index in [2.05, 4.69) is 15.0 Å². The van der Waals surface area contributed by atoms with E-state index < -0.39 is 5.97 Å². The lowest BCUT2D eigenvalue weighted by Gasteiger charge is -1.91. The van der Waals surface area contributed by atoms with Crippen molar-refractivity contribution in [1.29, 1.82) is 0 Å². The highest BCUT2D eigenvalue weighted by molar-refractivity contribution is 5.88. The molecule has 0 aliphatic heterocycles. The number of hydrogen-bond donors (Lipinski definition) is 3. The molecule has 2 heterocycles. The second-order valence-electron chi connectivity index (χ2n) is 3.84. The molecule has 0 fully saturated rings. The number of nitrogens with zero attached hydrogens (tertiary/aromatic N) is 1. The highest BCUT2D eigenvalue weighted by Gasteiger charge is 2.14. The van der Waals surface area contributed by atoms with Gasteiger partial charge in [0.15, 0.2) is 5.82 Å². The minimum atomic E-state index is -0.955. The zero-order valence-electron chi connectivity index (χ0n) is 9.38. The number of H-pyrrole nitrogens is 2. The molecule has 0 aliphatic rings. The minimum Gasteiger partial charge on any atom is -0.477 e. The number of imidazole rings is 1. The molecule has 0 radical (unpaired) electrons. The van der Waals surface area contributed by atoms with Gasteiger partial charge in [-0.25, -0.2) is 9.78 Å². The van der Waals surface area contributed by atoms with Crippen LogP contribution in [0.4, 0.5) is 0 Å². The maximum absolute atomic E-state index is 10.9. The zero-order chi connectivity index (χ0) is 11.9. The van der Waals surface area contributed by atoms with Crippen molar-refractivity contribution in [2.24, 2.45) is 0 Å². The van der Waals surface area contributed by atoms with Crippen molar-refractivity contribution in [2.45, 2.75) is 20.8 Å². The van der Waals surface area contributed by atoms with Crippen LogP contribution >= 0.6 is 0 Å². The summed E-state index contributed by atoms with van der Waals surface area (Å²) in [5.74, 6) is -0.283. The van der Waals surface area contributed by atoms with Gasteiger partial charge in [0.25, 0.3) is 0 Å². The van der Waals surface area contributed by atoms with Gasteiger partial charge < -0.3 is 15.1 Å². The number of hydrogen-bond acceptors (Lipinski definition) is 2. The van der Waals surface area contributed by atoms with Crippen LogP contribution in [0, 0.1) is 20.8 Å². The molecule has 0 saturated heterocycles. The topological polar surface area (TPSA) is 81.8 Å². The van der Waals surface area contributed by atoms with Crippen molar-refractivity contribution in [3.8, 4) is 11.5 Å². The average molecular weight is 219 g/mol. The summed E-state index contributed by atoms with van der Waals surface area (Å²) in [5.41, 5.74) is 3.51. The molecule has 5 heteroatoms. The fourth-order valence-corrected chi connectivity index (χ4v) is 1.58. The number of carboxylic acids is 1. The molecule has 0 aromatic carbocycles. The summed E-state index contributed by atoms with van der Waals surface area (Å²) in [4.78, 5) is 21.1. The van der Waals surface area contributed by atoms with Gasteiger partial charge in [-0.2, -0.15) is 0 Å². The Bertz CT molecular complexity index is 532. The van der Waals surface area contributed by atoms with Gasteiger partial charge >= 0.3 is 5.97 Å². The average Bonchev–Trinajstić information content (AvgIpc) is 2.71. The molecule has 2 aromatic rings. The molecule has 0 amide bonds. The maximum Gasteiger partial charge on any atom is 0.352 e. The van der Waals surface area contributed by atoms with Crippen molar-refractivity contribution in [3.05, 3.63) is 28.7 Å². The van der Waals surface area contributed by atoms with Gasteiger partial charge in [-0.15, -0.1) is 0 Å². The first-order valence-corrected chi connectivity index (χ1v) is 4.95. The van der Waals surface area contributed by atoms with Crippen molar-refractivity contribution in [2.75, 3.05) is 0 Å². The van der Waals surface area contributed by atoms with Crippen LogP contribution in [0.3, 0.4) is 0 Å². The number of nitrogens with one attached hydrogen (secondary N) is 2. The lowest BCUT2D eigenvalue weighted by atomic mass is 10.2. The molecule has 0 atom stereocenters. The molecule has 16 heavy (non-hydrogen) atoms. The van der Waals surface area contributed by atoms with Gasteiger partial charge in [0.2, 0.25) is 0 Å². The molecule has 2 aromatic heterocycles. The first-order valence-electron chi connectivity index (χ1n) is 4.95. The smallest absolute Gasteiger partial charge is 0.352 e. The lowest BCUT2D eigenvalue weighted by Crippen LogP contribution is -1.98. The van der Waals surface area contributed by atoms with Gasteiger partial charge in [0.05, 0.1) is 11.4 Å². The largest absolute Gasteiger partial charge is 0.477 e. The van der Waals surface area contributed by atoms with Crippen LogP contribution in [0.2, 0.25) is 0 Å². The van der Waals surface area contributed by atoms with Crippen molar-refractivity contribution in [1.82, 2.24) is 15.0 Å². The highest BCUT2D eigenvalue weighted by Crippen LogP contribution is 2.20. The molecule has 0 bridgehead atoms. The van der Waals surface area contributed by atoms with Crippen molar-refractivity contribution < 1.29 is 9.90 Å². The van der Waals surface area contributed by atoms with Crippen LogP contribution in [-0.4, -0.2) is 26.0 Å². The van der Waals surface area contributed by atoms with Crippen LogP contribution in [0.25, 0.3) is 11.5 Å². The summed E-state index contributed by atoms with van der Waals surface area (Å²) < 4.78 is 0. The normalized spacial score (nSPS) is 10.7. The van der Waals surface area contributed by atoms with E-state index >= 15 is 0 Å². The van der Waals surface area contributed by atoms with E-state index in [-0.39, 0.29) is 5.69 Å². The van der Waals surface area contributed by atoms with Crippen LogP contribution in [-0.2, 0) is 0 Å². The summed E-state index contributed by atoms with van der Waals surface area (Å²) in [5, 5.41) is 8.92. The SMILES string of the molecule is Cc1cc(-c2nc(C)c(C)[nH]2)[nH]c1C(=O)O. The standard InChI is InChI=1S/C11H13N3O2/c1-5-4-8(14-9(5)11(15)16)10-12-6(2)7(3)13-10/h4,14H,1-3H3,(H,12,13)(H,15,16). The Morgan fingerprint density at radius 1 is 1.31 bits per heavy atom. The van der Waals surface area contributed by atoms with Crippen LogP contribution < -0.4 is 0 Å². The third-order valence-corrected chi connectivity index (χ3v) is 2.61. The fourth-order valence-electron chi connectivity index (χ4n) is 1.58. The molecule has 0 saturated carbocycles. The number of rotatable bonds is 2. The molecular weight excluding hydrogens is 206 g/mol. The van der Waals surface area contributed by atoms with E-state index in [1.807, 2.05) is 13.8 Å². The van der Waals surface area contributed by atoms with Crippen molar-refractivity contribution >= 4 is 5.97 Å². The number of carbonyl (C=O) groups is 1. The highest BCUT2D eigenvalue weighted by atomic mass is 16.4. The number of aromatic carboxylic acids is 1. The number of aromatic nitrogens is 3. The Balaban J connectivity index is 2.49. The monoisotopic (exact) mass is 219 g/mol. The Kier molecular flexibility index (Phi) is 2.30. The molecule has 2 rings (SSSR count). The summed E-state index contributed by atoms with van der Waals surface area (Å²) in [7, 11) is 0. The van der Waals surface area contributed by atoms with Gasteiger partial charge in [0, 0.05) is 5.69 Å². The maximum atomic E-state index is 10.9. The van der Waals surface area contributed by atoms with E-state index in [1.54, 1.807) is 13.0 Å². The zero-order valence-corrected chi connectivity index (χ0v) is 9.38. The van der Waals surface area contributed by atoms with Gasteiger partial charge in [-0.1, -0.05) is 0 Å². The van der Waals surface area contributed by atoms with Crippen molar-refractivity contribution in [3.63, 3.8) is 0 Å². The molecule has 84 valence electrons. The molecular formula is C11H13N3O2. The van der Waals surface area contributed by atoms with Gasteiger partial charge in [0.1, 0.15) is 5.69 Å². The van der Waals surface area contributed by atoms with Crippen LogP contribution in [0.15, 0.2) is 6.07 Å². The number of carboxylic acid groups (broad SMARTS) is 1. The van der Waals surface area contributed by atoms with Crippen LogP contribution in [0.1, 0.15) is 27.4 Å². The Hall–Kier alpha value is -2.04. The summed E-state index contributed by atoms with van der Waals surface area (Å²) in [6.45, 7) is 5.59. The van der Waals surface area contributed by atoms with E-state index in [0.717, 1.165) is 11.4 Å².